The first-order chi connectivity index (χ1) is 32.3. The van der Waals surface area contributed by atoms with Crippen LogP contribution in [0, 0.1) is 13.8 Å². The first-order valence-electron chi connectivity index (χ1n) is 21.9. The molecule has 2 saturated carbocycles. The van der Waals surface area contributed by atoms with Gasteiger partial charge in [-0.05, 0) is 128 Å². The highest BCUT2D eigenvalue weighted by atomic mass is 79.9. The monoisotopic (exact) mass is 1030 g/mol. The lowest BCUT2D eigenvalue weighted by atomic mass is 10.2. The van der Waals surface area contributed by atoms with E-state index in [9.17, 15) is 29.4 Å². The molecule has 6 aromatic heterocycles. The molecule has 10 rings (SSSR count). The minimum atomic E-state index is -0.762. The van der Waals surface area contributed by atoms with Crippen LogP contribution in [0.15, 0.2) is 109 Å². The summed E-state index contributed by atoms with van der Waals surface area (Å²) >= 11 is 15.4. The Morgan fingerprint density at radius 2 is 1.04 bits per heavy atom. The Bertz CT molecular complexity index is 3370. The van der Waals surface area contributed by atoms with E-state index < -0.39 is 33.7 Å². The number of aryl methyl sites for hydroxylation is 4. The molecule has 0 saturated heterocycles. The second kappa shape index (κ2) is 19.4. The van der Waals surface area contributed by atoms with E-state index in [0.717, 1.165) is 28.1 Å². The second-order valence-corrected chi connectivity index (χ2v) is 19.1. The van der Waals surface area contributed by atoms with Gasteiger partial charge in [-0.2, -0.15) is 0 Å². The van der Waals surface area contributed by atoms with Crippen LogP contribution in [-0.2, 0) is 40.3 Å². The first kappa shape index (κ1) is 48.3. The van der Waals surface area contributed by atoms with E-state index in [1.807, 2.05) is 54.8 Å². The summed E-state index contributed by atoms with van der Waals surface area (Å²) in [4.78, 5) is 69.6. The Morgan fingerprint density at radius 3 is 1.47 bits per heavy atom. The van der Waals surface area contributed by atoms with Crippen molar-refractivity contribution in [3.63, 3.8) is 0 Å². The van der Waals surface area contributed by atoms with E-state index in [4.69, 9.17) is 33.3 Å². The molecule has 68 heavy (non-hydrogen) atoms. The molecule has 2 aliphatic carbocycles. The number of pyridine rings is 2. The van der Waals surface area contributed by atoms with Gasteiger partial charge in [-0.3, -0.25) is 37.8 Å². The van der Waals surface area contributed by atoms with E-state index in [1.165, 1.54) is 24.5 Å². The summed E-state index contributed by atoms with van der Waals surface area (Å²) in [5.41, 5.74) is 2.57. The van der Waals surface area contributed by atoms with Gasteiger partial charge in [0, 0.05) is 66.9 Å². The number of aromatic hydroxyl groups is 1. The number of halogens is 3. The van der Waals surface area contributed by atoms with Crippen molar-refractivity contribution in [2.75, 3.05) is 0 Å². The number of fused-ring (bicyclic) bond motifs is 2. The van der Waals surface area contributed by atoms with Crippen molar-refractivity contribution in [2.24, 2.45) is 14.1 Å². The normalized spacial score (nSPS) is 14.3. The van der Waals surface area contributed by atoms with Gasteiger partial charge in [0.1, 0.15) is 11.6 Å². The molecule has 354 valence electrons. The maximum absolute atomic E-state index is 13.6. The number of benzene rings is 2. The van der Waals surface area contributed by atoms with E-state index in [-0.39, 0.29) is 18.8 Å². The molecule has 8 aromatic rings. The zero-order chi connectivity index (χ0) is 48.7. The summed E-state index contributed by atoms with van der Waals surface area (Å²) in [7, 11) is 3.21. The third-order valence-electron chi connectivity index (χ3n) is 12.2. The van der Waals surface area contributed by atoms with Crippen LogP contribution in [0.25, 0.3) is 33.7 Å². The number of aliphatic hydroxyl groups is 2. The van der Waals surface area contributed by atoms with E-state index in [2.05, 4.69) is 30.9 Å². The maximum Gasteiger partial charge on any atom is 0.332 e. The molecule has 0 atom stereocenters. The van der Waals surface area contributed by atoms with Crippen molar-refractivity contribution < 1.29 is 15.3 Å². The minimum Gasteiger partial charge on any atom is -0.506 e. The molecule has 2 aliphatic rings. The molecule has 0 bridgehead atoms. The zero-order valence-electron chi connectivity index (χ0n) is 37.7. The number of hydrogen-bond donors (Lipinski definition) is 3. The quantitative estimate of drug-likeness (QED) is 0.123. The Balaban J connectivity index is 0.000000160. The van der Waals surface area contributed by atoms with Crippen molar-refractivity contribution in [2.45, 2.75) is 89.8 Å². The molecular weight excluding hydrogens is 979 g/mol. The van der Waals surface area contributed by atoms with Gasteiger partial charge in [0.25, 0.3) is 11.1 Å². The van der Waals surface area contributed by atoms with Crippen molar-refractivity contribution in [3.05, 3.63) is 164 Å². The van der Waals surface area contributed by atoms with Crippen LogP contribution in [0.4, 0.5) is 0 Å². The van der Waals surface area contributed by atoms with Crippen molar-refractivity contribution in [1.29, 1.82) is 0 Å². The fraction of sp³-hybridized carbons (Fsp3) is 0.333. The van der Waals surface area contributed by atoms with Crippen LogP contribution in [0.5, 0.6) is 5.75 Å². The predicted octanol–water partition coefficient (Wildman–Crippen LogP) is 6.26. The zero-order valence-corrected chi connectivity index (χ0v) is 40.8. The van der Waals surface area contributed by atoms with Gasteiger partial charge in [-0.25, -0.2) is 19.6 Å². The average molecular weight is 1030 g/mol. The Kier molecular flexibility index (Phi) is 13.8. The van der Waals surface area contributed by atoms with Gasteiger partial charge in [0.2, 0.25) is 0 Å². The molecular formula is C48H49BrCl2N10O7. The first-order valence-corrected chi connectivity index (χ1v) is 23.4. The van der Waals surface area contributed by atoms with Gasteiger partial charge < -0.3 is 24.5 Å². The lowest BCUT2D eigenvalue weighted by molar-refractivity contribution is 0.132. The number of rotatable bonds is 11. The van der Waals surface area contributed by atoms with Crippen molar-refractivity contribution >= 4 is 61.5 Å². The number of hydrogen-bond acceptors (Lipinski definition) is 11. The highest BCUT2D eigenvalue weighted by Crippen LogP contribution is 2.39. The minimum absolute atomic E-state index is 0.158. The van der Waals surface area contributed by atoms with Gasteiger partial charge in [-0.1, -0.05) is 47.5 Å². The van der Waals surface area contributed by atoms with Crippen LogP contribution < -0.4 is 22.5 Å². The van der Waals surface area contributed by atoms with E-state index in [1.54, 1.807) is 61.3 Å². The third-order valence-corrected chi connectivity index (χ3v) is 13.4. The molecule has 3 N–H and O–H groups in total. The summed E-state index contributed by atoms with van der Waals surface area (Å²) in [5, 5.41) is 30.3. The third kappa shape index (κ3) is 10.6. The second-order valence-electron chi connectivity index (χ2n) is 17.5. The molecule has 20 heteroatoms. The fourth-order valence-corrected chi connectivity index (χ4v) is 8.39. The summed E-state index contributed by atoms with van der Waals surface area (Å²) < 4.78 is 9.20. The molecule has 0 spiro atoms. The lowest BCUT2D eigenvalue weighted by Gasteiger charge is -2.13. The van der Waals surface area contributed by atoms with Crippen molar-refractivity contribution in [1.82, 2.24) is 47.3 Å². The van der Waals surface area contributed by atoms with Crippen LogP contribution >= 0.6 is 39.1 Å². The number of aromatic nitrogens is 10. The van der Waals surface area contributed by atoms with Crippen LogP contribution in [0.2, 0.25) is 10.0 Å². The Morgan fingerprint density at radius 1 is 0.603 bits per heavy atom. The number of imidazole rings is 2. The molecule has 0 aliphatic heterocycles. The SMILES string of the molecule is Cc1ccc(-c2nc3c(c(=O)n(CCC4(O)CC4)c(=O)n3C)n2Cc2ccc(Cl)cc2)cn1.Cc1ccc(O)cn1.Cn1c(=O)n(CCC2(O)CC2)c(=O)c2c1nc(Br)n2Cc1ccc(Cl)cc1. The summed E-state index contributed by atoms with van der Waals surface area (Å²) in [6, 6.07) is 21.9. The number of nitrogens with zero attached hydrogens (tertiary/aromatic N) is 10. The van der Waals surface area contributed by atoms with Crippen LogP contribution in [0.1, 0.15) is 61.0 Å². The fourth-order valence-electron chi connectivity index (χ4n) is 7.66. The molecule has 17 nitrogen and oxygen atoms in total. The lowest BCUT2D eigenvalue weighted by Crippen LogP contribution is -2.40. The summed E-state index contributed by atoms with van der Waals surface area (Å²) in [6.45, 7) is 4.89. The topological polar surface area (TPSA) is 210 Å². The van der Waals surface area contributed by atoms with Crippen LogP contribution in [-0.4, -0.2) is 73.9 Å². The van der Waals surface area contributed by atoms with Gasteiger partial charge >= 0.3 is 11.4 Å². The molecule has 2 aromatic carbocycles. The van der Waals surface area contributed by atoms with Crippen molar-refractivity contribution in [3.8, 4) is 17.1 Å². The molecule has 6 heterocycles. The van der Waals surface area contributed by atoms with Gasteiger partial charge in [0.05, 0.1) is 23.9 Å². The highest BCUT2D eigenvalue weighted by Gasteiger charge is 2.41. The smallest absolute Gasteiger partial charge is 0.332 e. The van der Waals surface area contributed by atoms with Gasteiger partial charge in [-0.15, -0.1) is 0 Å². The molecule has 0 amide bonds. The Hall–Kier alpha value is -6.18. The molecule has 0 unspecified atom stereocenters. The predicted molar refractivity (Wildman–Crippen MR) is 263 cm³/mol. The largest absolute Gasteiger partial charge is 0.506 e. The summed E-state index contributed by atoms with van der Waals surface area (Å²) in [5.74, 6) is 0.772. The molecule has 0 radical (unpaired) electrons. The Labute approximate surface area is 407 Å². The summed E-state index contributed by atoms with van der Waals surface area (Å²) in [6.07, 6.45) is 6.72. The molecule has 2 fully saturated rings. The van der Waals surface area contributed by atoms with E-state index >= 15 is 0 Å². The maximum atomic E-state index is 13.6. The van der Waals surface area contributed by atoms with Crippen LogP contribution in [0.3, 0.4) is 0 Å². The standard InChI is InChI=1S/C24H24ClN5O3.C18H18BrClN4O3.C6H7NO/c1-15-3-6-17(13-26-15)20-27-21-19(30(20)14-16-4-7-18(25)8-5-16)22(31)29(23(32)28(21)2)12-11-24(33)9-10-24;1-22-14-13(15(25)23(17(22)26)9-8-18(27)6-7-18)24(16(19)21-14)10-11-2-4-12(20)5-3-11;1-5-2-3-6(8)4-7-5/h3-8,13,33H,9-12,14H2,1-2H3;2-5,27H,6-10H2,1H3;2-4,8H,1H3. The van der Waals surface area contributed by atoms with E-state index in [0.29, 0.717) is 94.5 Å². The average Bonchev–Trinajstić information content (AvgIpc) is 4.17. The highest BCUT2D eigenvalue weighted by molar-refractivity contribution is 9.10. The van der Waals surface area contributed by atoms with Gasteiger partial charge in [0.15, 0.2) is 27.1 Å².